The molecule has 0 aromatic heterocycles. The lowest BCUT2D eigenvalue weighted by Gasteiger charge is -2.17. The highest BCUT2D eigenvalue weighted by molar-refractivity contribution is 5.96. The van der Waals surface area contributed by atoms with Gasteiger partial charge in [-0.2, -0.15) is 0 Å². The van der Waals surface area contributed by atoms with E-state index in [1.54, 1.807) is 20.3 Å². The molecule has 0 unspecified atom stereocenters. The number of benzene rings is 1. The largest absolute Gasteiger partial charge is 0.493 e. The third kappa shape index (κ3) is 6.40. The number of ether oxygens (including phenoxy) is 2. The first-order valence-corrected chi connectivity index (χ1v) is 8.90. The van der Waals surface area contributed by atoms with E-state index in [1.807, 2.05) is 13.0 Å². The quantitative estimate of drug-likeness (QED) is 0.570. The standard InChI is InChI=1S/C19H30N2O3.ClH/c1-14-12-17(23-2)18(24-3)13-16(14)19(22)21-11-10-20-15-8-6-4-5-7-9-15;/h12-13,15,20H,4-11H2,1-3H3,(H,21,22);1H. The summed E-state index contributed by atoms with van der Waals surface area (Å²) in [5, 5.41) is 6.55. The SMILES string of the molecule is COc1cc(C)c(C(=O)NCCNC2CCCCCC2)cc1OC.Cl. The van der Waals surface area contributed by atoms with Crippen molar-refractivity contribution in [1.29, 1.82) is 0 Å². The molecule has 142 valence electrons. The zero-order valence-corrected chi connectivity index (χ0v) is 16.3. The van der Waals surface area contributed by atoms with Crippen molar-refractivity contribution in [3.63, 3.8) is 0 Å². The second kappa shape index (κ2) is 11.2. The highest BCUT2D eigenvalue weighted by Crippen LogP contribution is 2.30. The van der Waals surface area contributed by atoms with Crippen LogP contribution in [0.1, 0.15) is 54.4 Å². The van der Waals surface area contributed by atoms with Crippen LogP contribution in [0.5, 0.6) is 11.5 Å². The van der Waals surface area contributed by atoms with Gasteiger partial charge in [0.25, 0.3) is 5.91 Å². The molecule has 1 fully saturated rings. The molecule has 1 aromatic rings. The molecule has 0 heterocycles. The van der Waals surface area contributed by atoms with Gasteiger partial charge in [0.1, 0.15) is 0 Å². The van der Waals surface area contributed by atoms with Crippen molar-refractivity contribution in [3.8, 4) is 11.5 Å². The number of nitrogens with one attached hydrogen (secondary N) is 2. The van der Waals surface area contributed by atoms with Crippen LogP contribution in [-0.2, 0) is 0 Å². The van der Waals surface area contributed by atoms with Gasteiger partial charge in [0.05, 0.1) is 14.2 Å². The molecule has 1 aromatic carbocycles. The molecule has 1 aliphatic carbocycles. The maximum absolute atomic E-state index is 12.4. The number of hydrogen-bond acceptors (Lipinski definition) is 4. The molecule has 0 spiro atoms. The summed E-state index contributed by atoms with van der Waals surface area (Å²) >= 11 is 0. The minimum absolute atomic E-state index is 0. The van der Waals surface area contributed by atoms with E-state index in [4.69, 9.17) is 9.47 Å². The summed E-state index contributed by atoms with van der Waals surface area (Å²) in [4.78, 5) is 12.4. The Kier molecular flexibility index (Phi) is 9.68. The number of rotatable bonds is 7. The van der Waals surface area contributed by atoms with Gasteiger partial charge in [0, 0.05) is 24.7 Å². The molecule has 1 saturated carbocycles. The highest BCUT2D eigenvalue weighted by atomic mass is 35.5. The Hall–Kier alpha value is -1.46. The second-order valence-electron chi connectivity index (χ2n) is 6.42. The molecule has 0 saturated heterocycles. The van der Waals surface area contributed by atoms with Crippen LogP contribution in [0.25, 0.3) is 0 Å². The first-order chi connectivity index (χ1) is 11.7. The van der Waals surface area contributed by atoms with Crippen LogP contribution in [0.2, 0.25) is 0 Å². The summed E-state index contributed by atoms with van der Waals surface area (Å²) in [7, 11) is 3.17. The van der Waals surface area contributed by atoms with E-state index >= 15 is 0 Å². The van der Waals surface area contributed by atoms with Crippen molar-refractivity contribution < 1.29 is 14.3 Å². The lowest BCUT2D eigenvalue weighted by atomic mass is 10.1. The maximum Gasteiger partial charge on any atom is 0.251 e. The lowest BCUT2D eigenvalue weighted by Crippen LogP contribution is -2.37. The molecule has 0 atom stereocenters. The number of carbonyl (C=O) groups is 1. The zero-order valence-electron chi connectivity index (χ0n) is 15.5. The Balaban J connectivity index is 0.00000312. The molecule has 0 aliphatic heterocycles. The maximum atomic E-state index is 12.4. The molecule has 0 bridgehead atoms. The monoisotopic (exact) mass is 370 g/mol. The summed E-state index contributed by atoms with van der Waals surface area (Å²) in [6.07, 6.45) is 7.84. The van der Waals surface area contributed by atoms with E-state index in [2.05, 4.69) is 10.6 Å². The van der Waals surface area contributed by atoms with Crippen molar-refractivity contribution in [2.24, 2.45) is 0 Å². The van der Waals surface area contributed by atoms with E-state index in [1.165, 1.54) is 38.5 Å². The van der Waals surface area contributed by atoms with Crippen LogP contribution in [0.3, 0.4) is 0 Å². The van der Waals surface area contributed by atoms with Crippen LogP contribution < -0.4 is 20.1 Å². The lowest BCUT2D eigenvalue weighted by molar-refractivity contribution is 0.0952. The van der Waals surface area contributed by atoms with Gasteiger partial charge in [0.2, 0.25) is 0 Å². The molecule has 2 N–H and O–H groups in total. The second-order valence-corrected chi connectivity index (χ2v) is 6.42. The van der Waals surface area contributed by atoms with E-state index in [-0.39, 0.29) is 18.3 Å². The van der Waals surface area contributed by atoms with Crippen molar-refractivity contribution in [3.05, 3.63) is 23.3 Å². The summed E-state index contributed by atoms with van der Waals surface area (Å²) in [5.41, 5.74) is 1.50. The summed E-state index contributed by atoms with van der Waals surface area (Å²) < 4.78 is 10.5. The van der Waals surface area contributed by atoms with E-state index in [0.717, 1.165) is 12.1 Å². The highest BCUT2D eigenvalue weighted by Gasteiger charge is 2.15. The van der Waals surface area contributed by atoms with E-state index in [0.29, 0.717) is 29.6 Å². The molecular formula is C19H31ClN2O3. The Morgan fingerprint density at radius 2 is 1.64 bits per heavy atom. The fourth-order valence-corrected chi connectivity index (χ4v) is 3.26. The molecule has 6 heteroatoms. The molecule has 2 rings (SSSR count). The molecule has 0 radical (unpaired) electrons. The van der Waals surface area contributed by atoms with E-state index < -0.39 is 0 Å². The van der Waals surface area contributed by atoms with Gasteiger partial charge in [-0.15, -0.1) is 12.4 Å². The first-order valence-electron chi connectivity index (χ1n) is 8.90. The summed E-state index contributed by atoms with van der Waals surface area (Å²) in [6.45, 7) is 3.34. The zero-order chi connectivity index (χ0) is 17.4. The van der Waals surface area contributed by atoms with Crippen LogP contribution in [-0.4, -0.2) is 39.3 Å². The molecule has 25 heavy (non-hydrogen) atoms. The van der Waals surface area contributed by atoms with E-state index in [9.17, 15) is 4.79 Å². The third-order valence-corrected chi connectivity index (χ3v) is 4.67. The number of methoxy groups -OCH3 is 2. The number of aryl methyl sites for hydroxylation is 1. The number of amides is 1. The van der Waals surface area contributed by atoms with Crippen molar-refractivity contribution in [2.45, 2.75) is 51.5 Å². The van der Waals surface area contributed by atoms with Gasteiger partial charge in [-0.3, -0.25) is 4.79 Å². The minimum atomic E-state index is -0.0730. The number of hydrogen-bond donors (Lipinski definition) is 2. The molecular weight excluding hydrogens is 340 g/mol. The Bertz CT molecular complexity index is 544. The average Bonchev–Trinajstić information content (AvgIpc) is 2.87. The van der Waals surface area contributed by atoms with Crippen LogP contribution in [0.15, 0.2) is 12.1 Å². The number of carbonyl (C=O) groups excluding carboxylic acids is 1. The first kappa shape index (κ1) is 21.6. The van der Waals surface area contributed by atoms with Gasteiger partial charge in [-0.1, -0.05) is 25.7 Å². The summed E-state index contributed by atoms with van der Waals surface area (Å²) in [6, 6.07) is 4.17. The normalized spacial score (nSPS) is 15.0. The molecule has 5 nitrogen and oxygen atoms in total. The van der Waals surface area contributed by atoms with Gasteiger partial charge >= 0.3 is 0 Å². The van der Waals surface area contributed by atoms with Crippen molar-refractivity contribution in [2.75, 3.05) is 27.3 Å². The van der Waals surface area contributed by atoms with Crippen molar-refractivity contribution >= 4 is 18.3 Å². The predicted octanol–water partition coefficient (Wildman–Crippen LogP) is 3.48. The molecule has 1 amide bonds. The van der Waals surface area contributed by atoms with Gasteiger partial charge < -0.3 is 20.1 Å². The van der Waals surface area contributed by atoms with Gasteiger partial charge in [-0.25, -0.2) is 0 Å². The number of halogens is 1. The van der Waals surface area contributed by atoms with Gasteiger partial charge in [0.15, 0.2) is 11.5 Å². The fourth-order valence-electron chi connectivity index (χ4n) is 3.26. The predicted molar refractivity (Wildman–Crippen MR) is 103 cm³/mol. The summed E-state index contributed by atoms with van der Waals surface area (Å²) in [5.74, 6) is 1.14. The molecule has 1 aliphatic rings. The Labute approximate surface area is 157 Å². The van der Waals surface area contributed by atoms with Gasteiger partial charge in [-0.05, 0) is 37.5 Å². The average molecular weight is 371 g/mol. The van der Waals surface area contributed by atoms with Crippen LogP contribution in [0.4, 0.5) is 0 Å². The fraction of sp³-hybridized carbons (Fsp3) is 0.632. The van der Waals surface area contributed by atoms with Crippen molar-refractivity contribution in [1.82, 2.24) is 10.6 Å². The Morgan fingerprint density at radius 1 is 1.04 bits per heavy atom. The smallest absolute Gasteiger partial charge is 0.251 e. The van der Waals surface area contributed by atoms with Crippen LogP contribution in [0, 0.1) is 6.92 Å². The van der Waals surface area contributed by atoms with Crippen LogP contribution >= 0.6 is 12.4 Å². The third-order valence-electron chi connectivity index (χ3n) is 4.67. The minimum Gasteiger partial charge on any atom is -0.493 e. The Morgan fingerprint density at radius 3 is 2.24 bits per heavy atom. The topological polar surface area (TPSA) is 59.6 Å².